The molecule has 0 bridgehead atoms. The van der Waals surface area contributed by atoms with Gasteiger partial charge in [0, 0.05) is 25.6 Å². The summed E-state index contributed by atoms with van der Waals surface area (Å²) in [6.45, 7) is 2.65. The monoisotopic (exact) mass is 415 g/mol. The molecule has 1 heterocycles. The molecule has 0 radical (unpaired) electrons. The molecule has 1 aliphatic heterocycles. The van der Waals surface area contributed by atoms with Gasteiger partial charge in [-0.2, -0.15) is 0 Å². The van der Waals surface area contributed by atoms with Gasteiger partial charge < -0.3 is 9.84 Å². The minimum Gasteiger partial charge on any atom is -0.493 e. The Balaban J connectivity index is 1.23. The van der Waals surface area contributed by atoms with Gasteiger partial charge in [0.15, 0.2) is 0 Å². The van der Waals surface area contributed by atoms with Crippen LogP contribution in [0.25, 0.3) is 10.8 Å². The van der Waals surface area contributed by atoms with Crippen LogP contribution < -0.4 is 4.74 Å². The van der Waals surface area contributed by atoms with Gasteiger partial charge in [-0.05, 0) is 59.2 Å². The highest BCUT2D eigenvalue weighted by Crippen LogP contribution is 2.34. The highest BCUT2D eigenvalue weighted by atomic mass is 16.5. The minimum absolute atomic E-state index is 0.149. The Morgan fingerprint density at radius 3 is 2.61 bits per heavy atom. The largest absolute Gasteiger partial charge is 0.493 e. The second-order valence-corrected chi connectivity index (χ2v) is 8.83. The molecule has 3 aromatic carbocycles. The van der Waals surface area contributed by atoms with Gasteiger partial charge in [0.1, 0.15) is 5.75 Å². The standard InChI is InChI=1S/C27H29NO3/c29-27(30)22-17-23(18-22)28-14-11-20-8-4-10-26(25(20)12-15-28)31-16-13-21-7-3-6-19-5-1-2-9-24(19)21/h1-10,22-23H,11-18H2,(H,29,30). The molecule has 0 unspecified atom stereocenters. The first kappa shape index (κ1) is 20.1. The second kappa shape index (κ2) is 8.72. The van der Waals surface area contributed by atoms with Crippen LogP contribution in [-0.4, -0.2) is 41.7 Å². The number of benzene rings is 3. The molecule has 31 heavy (non-hydrogen) atoms. The number of hydrogen-bond acceptors (Lipinski definition) is 3. The molecule has 4 heteroatoms. The Labute approximate surface area is 183 Å². The number of hydrogen-bond donors (Lipinski definition) is 1. The van der Waals surface area contributed by atoms with Gasteiger partial charge in [-0.1, -0.05) is 54.6 Å². The molecule has 160 valence electrons. The summed E-state index contributed by atoms with van der Waals surface area (Å²) >= 11 is 0. The van der Waals surface area contributed by atoms with E-state index in [1.165, 1.54) is 27.5 Å². The second-order valence-electron chi connectivity index (χ2n) is 8.83. The van der Waals surface area contributed by atoms with Crippen molar-refractivity contribution in [2.24, 2.45) is 5.92 Å². The fourth-order valence-corrected chi connectivity index (χ4v) is 5.13. The number of aliphatic carboxylic acids is 1. The molecule has 1 aliphatic carbocycles. The molecule has 1 N–H and O–H groups in total. The van der Waals surface area contributed by atoms with Crippen molar-refractivity contribution in [3.8, 4) is 5.75 Å². The third kappa shape index (κ3) is 4.17. The molecule has 0 aromatic heterocycles. The SMILES string of the molecule is O=C(O)C1CC(N2CCc3cccc(OCCc4cccc5ccccc45)c3CC2)C1. The Kier molecular flexibility index (Phi) is 5.65. The van der Waals surface area contributed by atoms with Gasteiger partial charge in [-0.3, -0.25) is 9.69 Å². The van der Waals surface area contributed by atoms with Crippen molar-refractivity contribution >= 4 is 16.7 Å². The van der Waals surface area contributed by atoms with Gasteiger partial charge in [-0.15, -0.1) is 0 Å². The van der Waals surface area contributed by atoms with Gasteiger partial charge in [0.2, 0.25) is 0 Å². The van der Waals surface area contributed by atoms with Crippen molar-refractivity contribution in [3.63, 3.8) is 0 Å². The normalized spacial score (nSPS) is 21.2. The number of carboxylic acids is 1. The van der Waals surface area contributed by atoms with E-state index in [-0.39, 0.29) is 5.92 Å². The Morgan fingerprint density at radius 1 is 0.968 bits per heavy atom. The van der Waals surface area contributed by atoms with E-state index >= 15 is 0 Å². The summed E-state index contributed by atoms with van der Waals surface area (Å²) in [5.74, 6) is 0.219. The lowest BCUT2D eigenvalue weighted by Crippen LogP contribution is -2.47. The van der Waals surface area contributed by atoms with Crippen LogP contribution in [0, 0.1) is 5.92 Å². The molecule has 0 spiro atoms. The number of rotatable bonds is 6. The summed E-state index contributed by atoms with van der Waals surface area (Å²) in [5, 5.41) is 11.7. The highest BCUT2D eigenvalue weighted by Gasteiger charge is 2.38. The quantitative estimate of drug-likeness (QED) is 0.633. The van der Waals surface area contributed by atoms with E-state index in [1.54, 1.807) is 0 Å². The number of carboxylic acid groups (broad SMARTS) is 1. The third-order valence-electron chi connectivity index (χ3n) is 7.04. The average Bonchev–Trinajstić information content (AvgIpc) is 2.96. The van der Waals surface area contributed by atoms with E-state index in [0.717, 1.165) is 50.9 Å². The van der Waals surface area contributed by atoms with Crippen LogP contribution in [0.4, 0.5) is 0 Å². The first-order chi connectivity index (χ1) is 15.2. The van der Waals surface area contributed by atoms with Crippen molar-refractivity contribution in [2.75, 3.05) is 19.7 Å². The topological polar surface area (TPSA) is 49.8 Å². The summed E-state index contributed by atoms with van der Waals surface area (Å²) in [4.78, 5) is 13.6. The van der Waals surface area contributed by atoms with Crippen molar-refractivity contribution in [1.29, 1.82) is 0 Å². The zero-order chi connectivity index (χ0) is 21.2. The number of nitrogens with zero attached hydrogens (tertiary/aromatic N) is 1. The molecule has 2 aliphatic rings. The lowest BCUT2D eigenvalue weighted by atomic mass is 9.79. The maximum atomic E-state index is 11.1. The Hall–Kier alpha value is -2.85. The van der Waals surface area contributed by atoms with Crippen LogP contribution in [0.2, 0.25) is 0 Å². The summed E-state index contributed by atoms with van der Waals surface area (Å²) < 4.78 is 6.30. The molecule has 0 atom stereocenters. The molecule has 5 rings (SSSR count). The first-order valence-corrected chi connectivity index (χ1v) is 11.4. The van der Waals surface area contributed by atoms with Crippen molar-refractivity contribution in [3.05, 3.63) is 77.4 Å². The van der Waals surface area contributed by atoms with Crippen LogP contribution >= 0.6 is 0 Å². The predicted octanol–water partition coefficient (Wildman–Crippen LogP) is 4.73. The van der Waals surface area contributed by atoms with Gasteiger partial charge in [0.25, 0.3) is 0 Å². The predicted molar refractivity (Wildman–Crippen MR) is 123 cm³/mol. The summed E-state index contributed by atoms with van der Waals surface area (Å²) in [6.07, 6.45) is 4.44. The van der Waals surface area contributed by atoms with Gasteiger partial charge >= 0.3 is 5.97 Å². The first-order valence-electron chi connectivity index (χ1n) is 11.4. The highest BCUT2D eigenvalue weighted by molar-refractivity contribution is 5.85. The van der Waals surface area contributed by atoms with Crippen LogP contribution in [-0.2, 0) is 24.1 Å². The molecule has 4 nitrogen and oxygen atoms in total. The molecular formula is C27H29NO3. The molecule has 0 amide bonds. The summed E-state index contributed by atoms with van der Waals surface area (Å²) in [7, 11) is 0. The molecular weight excluding hydrogens is 386 g/mol. The number of carbonyl (C=O) groups is 1. The van der Waals surface area contributed by atoms with E-state index in [4.69, 9.17) is 4.74 Å². The van der Waals surface area contributed by atoms with E-state index < -0.39 is 5.97 Å². The number of ether oxygens (including phenoxy) is 1. The molecule has 1 fully saturated rings. The van der Waals surface area contributed by atoms with Crippen molar-refractivity contribution in [2.45, 2.75) is 38.1 Å². The smallest absolute Gasteiger partial charge is 0.306 e. The molecule has 0 saturated heterocycles. The fourth-order valence-electron chi connectivity index (χ4n) is 5.13. The van der Waals surface area contributed by atoms with Crippen molar-refractivity contribution in [1.82, 2.24) is 4.90 Å². The van der Waals surface area contributed by atoms with E-state index in [9.17, 15) is 9.90 Å². The molecule has 1 saturated carbocycles. The van der Waals surface area contributed by atoms with Crippen molar-refractivity contribution < 1.29 is 14.6 Å². The maximum absolute atomic E-state index is 11.1. The zero-order valence-corrected chi connectivity index (χ0v) is 17.8. The van der Waals surface area contributed by atoms with E-state index in [2.05, 4.69) is 65.6 Å². The molecule has 3 aromatic rings. The lowest BCUT2D eigenvalue weighted by Gasteiger charge is -2.40. The third-order valence-corrected chi connectivity index (χ3v) is 7.04. The Bertz CT molecular complexity index is 1080. The number of fused-ring (bicyclic) bond motifs is 2. The van der Waals surface area contributed by atoms with E-state index in [0.29, 0.717) is 12.6 Å². The van der Waals surface area contributed by atoms with E-state index in [1.807, 2.05) is 0 Å². The van der Waals surface area contributed by atoms with Crippen LogP contribution in [0.15, 0.2) is 60.7 Å². The average molecular weight is 416 g/mol. The van der Waals surface area contributed by atoms with Crippen LogP contribution in [0.5, 0.6) is 5.75 Å². The minimum atomic E-state index is -0.642. The van der Waals surface area contributed by atoms with Crippen LogP contribution in [0.1, 0.15) is 29.5 Å². The maximum Gasteiger partial charge on any atom is 0.306 e. The zero-order valence-electron chi connectivity index (χ0n) is 17.8. The summed E-state index contributed by atoms with van der Waals surface area (Å²) in [5.41, 5.74) is 4.03. The lowest BCUT2D eigenvalue weighted by molar-refractivity contribution is -0.147. The summed E-state index contributed by atoms with van der Waals surface area (Å²) in [6, 6.07) is 21.8. The van der Waals surface area contributed by atoms with Gasteiger partial charge in [-0.25, -0.2) is 0 Å². The Morgan fingerprint density at radius 2 is 1.74 bits per heavy atom. The van der Waals surface area contributed by atoms with Crippen LogP contribution in [0.3, 0.4) is 0 Å². The van der Waals surface area contributed by atoms with Gasteiger partial charge in [0.05, 0.1) is 12.5 Å². The fraction of sp³-hybridized carbons (Fsp3) is 0.370.